The third-order valence-corrected chi connectivity index (χ3v) is 1.85. The molecule has 0 unspecified atom stereocenters. The van der Waals surface area contributed by atoms with Crippen molar-refractivity contribution >= 4 is 17.7 Å². The van der Waals surface area contributed by atoms with Gasteiger partial charge < -0.3 is 10.8 Å². The molecular weight excluding hydrogens is 212 g/mol. The lowest BCUT2D eigenvalue weighted by Gasteiger charge is -1.99. The van der Waals surface area contributed by atoms with Crippen LogP contribution in [0.4, 0.5) is 5.69 Å². The number of non-ortho nitro benzene ring substituents is 1. The smallest absolute Gasteiger partial charge is 0.270 e. The molecule has 3 N–H and O–H groups in total. The molecule has 0 spiro atoms. The van der Waals surface area contributed by atoms with Crippen LogP contribution in [0.2, 0.25) is 0 Å². The molecule has 0 saturated carbocycles. The molecule has 16 heavy (non-hydrogen) atoms. The van der Waals surface area contributed by atoms with Crippen molar-refractivity contribution in [3.63, 3.8) is 0 Å². The second-order valence-corrected chi connectivity index (χ2v) is 3.02. The number of hydrogen-bond acceptors (Lipinski definition) is 4. The largest absolute Gasteiger partial charge is 0.392 e. The highest BCUT2D eigenvalue weighted by Crippen LogP contribution is 2.18. The van der Waals surface area contributed by atoms with Crippen LogP contribution in [0.1, 0.15) is 15.9 Å². The van der Waals surface area contributed by atoms with Gasteiger partial charge in [0.25, 0.3) is 5.69 Å². The number of primary amides is 1. The molecule has 1 amide bonds. The number of carbonyl (C=O) groups excluding carboxylic acids is 1. The SMILES string of the molecule is NC(=O)c1cc(C=CCO)cc([N+](=O)[O-])c1. The lowest BCUT2D eigenvalue weighted by molar-refractivity contribution is -0.384. The Kier molecular flexibility index (Phi) is 3.73. The third-order valence-electron chi connectivity index (χ3n) is 1.85. The first-order valence-electron chi connectivity index (χ1n) is 4.41. The Labute approximate surface area is 91.2 Å². The molecule has 0 bridgehead atoms. The number of hydrogen-bond donors (Lipinski definition) is 2. The van der Waals surface area contributed by atoms with E-state index in [-0.39, 0.29) is 17.9 Å². The van der Waals surface area contributed by atoms with E-state index in [1.165, 1.54) is 24.3 Å². The molecule has 0 saturated heterocycles. The Morgan fingerprint density at radius 1 is 1.50 bits per heavy atom. The van der Waals surface area contributed by atoms with E-state index in [9.17, 15) is 14.9 Å². The summed E-state index contributed by atoms with van der Waals surface area (Å²) >= 11 is 0. The van der Waals surface area contributed by atoms with Crippen LogP contribution in [0.3, 0.4) is 0 Å². The zero-order valence-corrected chi connectivity index (χ0v) is 8.29. The van der Waals surface area contributed by atoms with Crippen molar-refractivity contribution in [2.45, 2.75) is 0 Å². The van der Waals surface area contributed by atoms with E-state index in [0.717, 1.165) is 6.07 Å². The van der Waals surface area contributed by atoms with Crippen LogP contribution >= 0.6 is 0 Å². The Bertz CT molecular complexity index is 422. The Balaban J connectivity index is 3.24. The molecule has 1 rings (SSSR count). The molecule has 6 nitrogen and oxygen atoms in total. The van der Waals surface area contributed by atoms with Gasteiger partial charge in [-0.05, 0) is 11.6 Å². The normalized spacial score (nSPS) is 10.6. The fraction of sp³-hybridized carbons (Fsp3) is 0.100. The summed E-state index contributed by atoms with van der Waals surface area (Å²) in [5, 5.41) is 19.2. The first-order chi connectivity index (χ1) is 7.54. The Hall–Kier alpha value is -2.21. The molecule has 0 aliphatic carbocycles. The van der Waals surface area contributed by atoms with E-state index in [4.69, 9.17) is 10.8 Å². The van der Waals surface area contributed by atoms with E-state index in [1.807, 2.05) is 0 Å². The van der Waals surface area contributed by atoms with Crippen molar-refractivity contribution in [1.29, 1.82) is 0 Å². The standard InChI is InChI=1S/C10H10N2O4/c11-10(14)8-4-7(2-1-3-13)5-9(6-8)12(15)16/h1-2,4-6,13H,3H2,(H2,11,14). The molecule has 0 heterocycles. The van der Waals surface area contributed by atoms with Crippen molar-refractivity contribution in [2.24, 2.45) is 5.73 Å². The summed E-state index contributed by atoms with van der Waals surface area (Å²) in [7, 11) is 0. The van der Waals surface area contributed by atoms with Gasteiger partial charge in [-0.1, -0.05) is 12.2 Å². The minimum atomic E-state index is -0.734. The molecule has 0 fully saturated rings. The first kappa shape index (κ1) is 11.9. The van der Waals surface area contributed by atoms with Crippen LogP contribution in [-0.2, 0) is 0 Å². The van der Waals surface area contributed by atoms with Gasteiger partial charge >= 0.3 is 0 Å². The monoisotopic (exact) mass is 222 g/mol. The van der Waals surface area contributed by atoms with E-state index in [0.29, 0.717) is 5.56 Å². The predicted octanol–water partition coefficient (Wildman–Crippen LogP) is 0.699. The fourth-order valence-electron chi connectivity index (χ4n) is 1.17. The van der Waals surface area contributed by atoms with Crippen LogP contribution in [0.25, 0.3) is 6.08 Å². The van der Waals surface area contributed by atoms with Gasteiger partial charge in [-0.25, -0.2) is 0 Å². The molecule has 0 aliphatic heterocycles. The summed E-state index contributed by atoms with van der Waals surface area (Å²) in [6.07, 6.45) is 2.88. The lowest BCUT2D eigenvalue weighted by atomic mass is 10.1. The molecule has 0 aliphatic rings. The second-order valence-electron chi connectivity index (χ2n) is 3.02. The number of amides is 1. The predicted molar refractivity (Wildman–Crippen MR) is 57.7 cm³/mol. The third kappa shape index (κ3) is 2.89. The average Bonchev–Trinajstić information content (AvgIpc) is 2.25. The number of nitrogens with zero attached hydrogens (tertiary/aromatic N) is 1. The number of nitro groups is 1. The van der Waals surface area contributed by atoms with Gasteiger partial charge in [-0.3, -0.25) is 14.9 Å². The number of nitro benzene ring substituents is 1. The van der Waals surface area contributed by atoms with E-state index < -0.39 is 10.8 Å². The second kappa shape index (κ2) is 5.04. The van der Waals surface area contributed by atoms with Gasteiger partial charge in [0.1, 0.15) is 0 Å². The first-order valence-corrected chi connectivity index (χ1v) is 4.41. The van der Waals surface area contributed by atoms with Crippen LogP contribution in [-0.4, -0.2) is 22.5 Å². The van der Waals surface area contributed by atoms with Gasteiger partial charge in [-0.15, -0.1) is 0 Å². The number of aliphatic hydroxyl groups excluding tert-OH is 1. The van der Waals surface area contributed by atoms with Gasteiger partial charge in [-0.2, -0.15) is 0 Å². The summed E-state index contributed by atoms with van der Waals surface area (Å²) in [5.41, 5.74) is 5.33. The van der Waals surface area contributed by atoms with Crippen molar-refractivity contribution in [3.05, 3.63) is 45.5 Å². The Morgan fingerprint density at radius 3 is 2.69 bits per heavy atom. The number of aliphatic hydroxyl groups is 1. The molecular formula is C10H10N2O4. The van der Waals surface area contributed by atoms with Crippen LogP contribution in [0, 0.1) is 10.1 Å². The molecule has 84 valence electrons. The zero-order chi connectivity index (χ0) is 12.1. The maximum Gasteiger partial charge on any atom is 0.270 e. The summed E-state index contributed by atoms with van der Waals surface area (Å²) < 4.78 is 0. The lowest BCUT2D eigenvalue weighted by Crippen LogP contribution is -2.11. The molecule has 0 radical (unpaired) electrons. The van der Waals surface area contributed by atoms with Gasteiger partial charge in [0, 0.05) is 17.7 Å². The highest BCUT2D eigenvalue weighted by molar-refractivity contribution is 5.94. The summed E-state index contributed by atoms with van der Waals surface area (Å²) in [6, 6.07) is 3.82. The van der Waals surface area contributed by atoms with E-state index in [2.05, 4.69) is 0 Å². The summed E-state index contributed by atoms with van der Waals surface area (Å²) in [6.45, 7) is -0.186. The van der Waals surface area contributed by atoms with Crippen molar-refractivity contribution < 1.29 is 14.8 Å². The number of nitrogens with two attached hydrogens (primary N) is 1. The Morgan fingerprint density at radius 2 is 2.19 bits per heavy atom. The number of rotatable bonds is 4. The highest BCUT2D eigenvalue weighted by atomic mass is 16.6. The molecule has 6 heteroatoms. The van der Waals surface area contributed by atoms with E-state index >= 15 is 0 Å². The molecule has 1 aromatic carbocycles. The minimum Gasteiger partial charge on any atom is -0.392 e. The van der Waals surface area contributed by atoms with Crippen molar-refractivity contribution in [1.82, 2.24) is 0 Å². The zero-order valence-electron chi connectivity index (χ0n) is 8.29. The number of carbonyl (C=O) groups is 1. The quantitative estimate of drug-likeness (QED) is 0.577. The van der Waals surface area contributed by atoms with Crippen molar-refractivity contribution in [2.75, 3.05) is 6.61 Å². The van der Waals surface area contributed by atoms with Gasteiger partial charge in [0.2, 0.25) is 5.91 Å². The van der Waals surface area contributed by atoms with Gasteiger partial charge in [0.15, 0.2) is 0 Å². The molecule has 1 aromatic rings. The number of benzene rings is 1. The average molecular weight is 222 g/mol. The summed E-state index contributed by atoms with van der Waals surface area (Å²) in [5.74, 6) is -0.734. The molecule has 0 aromatic heterocycles. The van der Waals surface area contributed by atoms with Crippen LogP contribution in [0.5, 0.6) is 0 Å². The van der Waals surface area contributed by atoms with Gasteiger partial charge in [0.05, 0.1) is 11.5 Å². The minimum absolute atomic E-state index is 0.0618. The van der Waals surface area contributed by atoms with Crippen LogP contribution in [0.15, 0.2) is 24.3 Å². The maximum atomic E-state index is 10.9. The van der Waals surface area contributed by atoms with Crippen molar-refractivity contribution in [3.8, 4) is 0 Å². The molecule has 0 atom stereocenters. The fourth-order valence-corrected chi connectivity index (χ4v) is 1.17. The topological polar surface area (TPSA) is 106 Å². The highest BCUT2D eigenvalue weighted by Gasteiger charge is 2.11. The maximum absolute atomic E-state index is 10.9. The van der Waals surface area contributed by atoms with Crippen LogP contribution < -0.4 is 5.73 Å². The van der Waals surface area contributed by atoms with E-state index in [1.54, 1.807) is 0 Å². The summed E-state index contributed by atoms with van der Waals surface area (Å²) in [4.78, 5) is 20.9.